The van der Waals surface area contributed by atoms with Crippen LogP contribution in [-0.4, -0.2) is 71.7 Å². The minimum Gasteiger partial charge on any atom is -0.447 e. The molecule has 45 heavy (non-hydrogen) atoms. The third-order valence-corrected chi connectivity index (χ3v) is 7.50. The maximum Gasteiger partial charge on any atom is 0.416 e. The largest absolute Gasteiger partial charge is 0.447 e. The van der Waals surface area contributed by atoms with Gasteiger partial charge in [-0.1, -0.05) is 31.1 Å². The normalized spacial score (nSPS) is 18.7. The van der Waals surface area contributed by atoms with Crippen LogP contribution in [0.3, 0.4) is 0 Å². The summed E-state index contributed by atoms with van der Waals surface area (Å²) >= 11 is 0. The Morgan fingerprint density at radius 2 is 1.53 bits per heavy atom. The number of hydrogen-bond donors (Lipinski definition) is 5. The number of ketones is 1. The molecule has 1 saturated heterocycles. The van der Waals surface area contributed by atoms with E-state index >= 15 is 0 Å². The molecule has 0 spiro atoms. The van der Waals surface area contributed by atoms with Crippen molar-refractivity contribution in [3.05, 3.63) is 64.7 Å². The van der Waals surface area contributed by atoms with Crippen molar-refractivity contribution in [2.24, 2.45) is 17.2 Å². The lowest BCUT2D eigenvalue weighted by molar-refractivity contribution is -0.138. The summed E-state index contributed by atoms with van der Waals surface area (Å²) in [6.45, 7) is 0.573. The molecule has 0 unspecified atom stereocenters. The fraction of sp³-hybridized carbons (Fsp3) is 0.483. The van der Waals surface area contributed by atoms with E-state index in [9.17, 15) is 45.8 Å². The summed E-state index contributed by atoms with van der Waals surface area (Å²) in [6, 6.07) is 3.34. The zero-order valence-electron chi connectivity index (χ0n) is 24.5. The van der Waals surface area contributed by atoms with Crippen LogP contribution in [0.1, 0.15) is 41.5 Å². The number of nitrogens with one attached hydrogen (secondary N) is 1. The number of amides is 2. The van der Waals surface area contributed by atoms with Gasteiger partial charge >= 0.3 is 19.3 Å². The number of piperidine rings is 1. The predicted molar refractivity (Wildman–Crippen MR) is 155 cm³/mol. The van der Waals surface area contributed by atoms with Crippen molar-refractivity contribution >= 4 is 30.0 Å². The Bertz CT molecular complexity index is 1350. The highest BCUT2D eigenvalue weighted by Crippen LogP contribution is 2.30. The molecule has 16 heteroatoms. The molecule has 1 aliphatic rings. The molecular formula is C29H36BF6N5O4. The van der Waals surface area contributed by atoms with Gasteiger partial charge in [0.1, 0.15) is 0 Å². The molecule has 0 aliphatic carbocycles. The number of likely N-dealkylation sites (tertiary alicyclic amines) is 1. The first-order valence-electron chi connectivity index (χ1n) is 14.3. The van der Waals surface area contributed by atoms with E-state index in [0.717, 1.165) is 36.4 Å². The van der Waals surface area contributed by atoms with Crippen LogP contribution in [0.4, 0.5) is 26.3 Å². The lowest BCUT2D eigenvalue weighted by Crippen LogP contribution is -2.54. The van der Waals surface area contributed by atoms with Crippen LogP contribution in [0.15, 0.2) is 42.5 Å². The fourth-order valence-electron chi connectivity index (χ4n) is 5.09. The van der Waals surface area contributed by atoms with Crippen molar-refractivity contribution in [3.63, 3.8) is 0 Å². The van der Waals surface area contributed by atoms with Gasteiger partial charge in [0.25, 0.3) is 0 Å². The van der Waals surface area contributed by atoms with E-state index < -0.39 is 60.6 Å². The van der Waals surface area contributed by atoms with Gasteiger partial charge in [-0.25, -0.2) is 0 Å². The summed E-state index contributed by atoms with van der Waals surface area (Å²) < 4.78 is 79.6. The summed E-state index contributed by atoms with van der Waals surface area (Å²) in [5.74, 6) is -1.91. The third-order valence-electron chi connectivity index (χ3n) is 7.50. The molecule has 3 rings (SSSR count). The van der Waals surface area contributed by atoms with Crippen molar-refractivity contribution in [3.8, 4) is 0 Å². The minimum absolute atomic E-state index is 0.0849. The molecule has 0 bridgehead atoms. The first-order chi connectivity index (χ1) is 20.8. The smallest absolute Gasteiger partial charge is 0.416 e. The number of benzene rings is 2. The fourth-order valence-corrected chi connectivity index (χ4v) is 5.09. The first-order valence-corrected chi connectivity index (χ1v) is 14.3. The second kappa shape index (κ2) is 14.8. The average molecular weight is 643 g/mol. The van der Waals surface area contributed by atoms with Crippen LogP contribution in [-0.2, 0) is 39.6 Å². The quantitative estimate of drug-likeness (QED) is 0.182. The van der Waals surface area contributed by atoms with Gasteiger partial charge < -0.3 is 32.4 Å². The number of carbonyl (C=O) groups is 3. The molecule has 0 aromatic heterocycles. The second-order valence-corrected chi connectivity index (χ2v) is 11.4. The molecule has 2 amide bonds. The van der Waals surface area contributed by atoms with Crippen LogP contribution in [0.25, 0.3) is 0 Å². The number of halogens is 6. The van der Waals surface area contributed by atoms with E-state index in [1.807, 2.05) is 0 Å². The van der Waals surface area contributed by atoms with Gasteiger partial charge in [-0.15, -0.1) is 0 Å². The van der Waals surface area contributed by atoms with Crippen molar-refractivity contribution in [1.82, 2.24) is 10.2 Å². The van der Waals surface area contributed by atoms with Crippen LogP contribution in [0.2, 0.25) is 6.82 Å². The maximum atomic E-state index is 13.5. The number of nitrogens with zero attached hydrogens (tertiary/aromatic N) is 1. The van der Waals surface area contributed by atoms with Gasteiger partial charge in [-0.2, -0.15) is 26.3 Å². The SMILES string of the molecule is CB(O)c1cc(CC(=O)[C@@H](Cc2ccc(C(F)(F)F)cc2)NC(=O)[C@@H](N)CCC(=O)N2C[C@H](N)C[C@H](N)C2)cc(C(F)(F)F)c1. The van der Waals surface area contributed by atoms with E-state index in [4.69, 9.17) is 17.2 Å². The van der Waals surface area contributed by atoms with Gasteiger partial charge in [0.15, 0.2) is 5.78 Å². The van der Waals surface area contributed by atoms with E-state index in [1.54, 1.807) is 0 Å². The molecule has 9 nitrogen and oxygen atoms in total. The number of alkyl halides is 6. The Balaban J connectivity index is 1.78. The minimum atomic E-state index is -4.77. The monoisotopic (exact) mass is 643 g/mol. The van der Waals surface area contributed by atoms with Crippen molar-refractivity contribution in [2.45, 2.75) is 75.4 Å². The van der Waals surface area contributed by atoms with Crippen molar-refractivity contribution in [1.29, 1.82) is 0 Å². The standard InChI is InChI=1S/C29H36BF6N5O4/c1-30(45)20-9-17(8-19(12-20)29(34,35)36)11-25(42)24(10-16-2-4-18(5-3-16)28(31,32)33)40-27(44)23(39)6-7-26(43)41-14-21(37)13-22(38)15-41/h2-5,8-9,12,21-24,45H,6-7,10-11,13-15,37-39H2,1H3,(H,40,44)/t21-,22+,23-,24+/m0/s1. The van der Waals surface area contributed by atoms with Gasteiger partial charge in [0.05, 0.1) is 23.2 Å². The molecule has 1 heterocycles. The Morgan fingerprint density at radius 1 is 0.956 bits per heavy atom. The summed E-state index contributed by atoms with van der Waals surface area (Å²) in [4.78, 5) is 40.6. The van der Waals surface area contributed by atoms with Gasteiger partial charge in [-0.05, 0) is 54.1 Å². The summed E-state index contributed by atoms with van der Waals surface area (Å²) in [7, 11) is 0. The molecule has 246 valence electrons. The molecule has 2 aromatic rings. The van der Waals surface area contributed by atoms with Gasteiger partial charge in [-0.3, -0.25) is 14.4 Å². The Labute approximate surface area is 256 Å². The lowest BCUT2D eigenvalue weighted by Gasteiger charge is -2.34. The van der Waals surface area contributed by atoms with Gasteiger partial charge in [0, 0.05) is 38.0 Å². The average Bonchev–Trinajstić information content (AvgIpc) is 2.93. The van der Waals surface area contributed by atoms with Crippen LogP contribution < -0.4 is 28.0 Å². The van der Waals surface area contributed by atoms with E-state index in [0.29, 0.717) is 19.5 Å². The number of carbonyl (C=O) groups excluding carboxylic acids is 3. The molecule has 2 aromatic carbocycles. The Hall–Kier alpha value is -3.47. The lowest BCUT2D eigenvalue weighted by atomic mass is 9.63. The highest BCUT2D eigenvalue weighted by Gasteiger charge is 2.34. The number of Topliss-reactive ketones (excluding diaryl/α,β-unsaturated/α-hetero) is 1. The summed E-state index contributed by atoms with van der Waals surface area (Å²) in [5, 5.41) is 12.3. The highest BCUT2D eigenvalue weighted by atomic mass is 19.4. The molecule has 1 aliphatic heterocycles. The second-order valence-electron chi connectivity index (χ2n) is 11.4. The first kappa shape index (κ1) is 36.0. The maximum absolute atomic E-state index is 13.5. The Kier molecular flexibility index (Phi) is 11.8. The molecule has 1 fully saturated rings. The molecule has 0 radical (unpaired) electrons. The van der Waals surface area contributed by atoms with Crippen molar-refractivity contribution in [2.75, 3.05) is 13.1 Å². The number of rotatable bonds is 11. The van der Waals surface area contributed by atoms with E-state index in [1.165, 1.54) is 17.8 Å². The third kappa shape index (κ3) is 10.5. The van der Waals surface area contributed by atoms with Crippen LogP contribution in [0, 0.1) is 0 Å². The molecule has 0 saturated carbocycles. The Morgan fingerprint density at radius 3 is 2.07 bits per heavy atom. The van der Waals surface area contributed by atoms with Crippen LogP contribution in [0.5, 0.6) is 0 Å². The zero-order chi connectivity index (χ0) is 33.7. The molecular weight excluding hydrogens is 607 g/mol. The van der Waals surface area contributed by atoms with E-state index in [2.05, 4.69) is 5.32 Å². The molecule has 4 atom stereocenters. The summed E-state index contributed by atoms with van der Waals surface area (Å²) in [5.41, 5.74) is 15.9. The number of nitrogens with two attached hydrogens (primary N) is 3. The molecule has 8 N–H and O–H groups in total. The zero-order valence-corrected chi connectivity index (χ0v) is 24.5. The summed E-state index contributed by atoms with van der Waals surface area (Å²) in [6.07, 6.45) is -9.96. The van der Waals surface area contributed by atoms with Crippen molar-refractivity contribution < 1.29 is 45.8 Å². The van der Waals surface area contributed by atoms with E-state index in [-0.39, 0.29) is 53.8 Å². The highest BCUT2D eigenvalue weighted by molar-refractivity contribution is 6.64. The van der Waals surface area contributed by atoms with Gasteiger partial charge in [0.2, 0.25) is 11.8 Å². The number of hydrogen-bond acceptors (Lipinski definition) is 7. The van der Waals surface area contributed by atoms with Crippen LogP contribution >= 0.6 is 0 Å². The predicted octanol–water partition coefficient (Wildman–Crippen LogP) is 1.38. The topological polar surface area (TPSA) is 165 Å².